The Hall–Kier alpha value is -1.08. The summed E-state index contributed by atoms with van der Waals surface area (Å²) in [7, 11) is 0. The summed E-state index contributed by atoms with van der Waals surface area (Å²) in [6.07, 6.45) is -0.883. The van der Waals surface area contributed by atoms with E-state index in [1.165, 1.54) is 6.33 Å². The maximum Gasteiger partial charge on any atom is 0.261 e. The molecule has 18 heavy (non-hydrogen) atoms. The Morgan fingerprint density at radius 1 is 1.44 bits per heavy atom. The number of nitrogens with zero attached hydrogens (tertiary/aromatic N) is 3. The fourth-order valence-corrected chi connectivity index (χ4v) is 1.44. The van der Waals surface area contributed by atoms with Crippen LogP contribution in [0.1, 0.15) is 19.7 Å². The molecule has 0 spiro atoms. The Bertz CT molecular complexity index is 331. The molecule has 0 unspecified atom stereocenters. The summed E-state index contributed by atoms with van der Waals surface area (Å²) in [5.74, 6) is 1.34. The zero-order chi connectivity index (χ0) is 13.4. The van der Waals surface area contributed by atoms with Crippen LogP contribution in [0.4, 0.5) is 8.78 Å². The van der Waals surface area contributed by atoms with Gasteiger partial charge in [0.15, 0.2) is 0 Å². The Balaban J connectivity index is 2.17. The third-order valence-electron chi connectivity index (χ3n) is 2.18. The molecule has 0 aliphatic rings. The van der Waals surface area contributed by atoms with Crippen molar-refractivity contribution < 1.29 is 13.5 Å². The van der Waals surface area contributed by atoms with E-state index in [0.29, 0.717) is 19.0 Å². The summed E-state index contributed by atoms with van der Waals surface area (Å²) in [6.45, 7) is 5.87. The lowest BCUT2D eigenvalue weighted by Crippen LogP contribution is -2.23. The first-order chi connectivity index (χ1) is 8.59. The lowest BCUT2D eigenvalue weighted by atomic mass is 10.2. The van der Waals surface area contributed by atoms with Crippen LogP contribution in [-0.2, 0) is 17.8 Å². The second-order valence-corrected chi connectivity index (χ2v) is 4.40. The number of ether oxygens (including phenoxy) is 1. The van der Waals surface area contributed by atoms with Crippen LogP contribution in [-0.4, -0.2) is 40.9 Å². The van der Waals surface area contributed by atoms with E-state index in [1.54, 1.807) is 0 Å². The number of hydrogen-bond donors (Lipinski definition) is 1. The maximum absolute atomic E-state index is 11.8. The van der Waals surface area contributed by atoms with Crippen LogP contribution in [0.25, 0.3) is 0 Å². The number of rotatable bonds is 9. The van der Waals surface area contributed by atoms with Crippen LogP contribution in [0.3, 0.4) is 0 Å². The minimum atomic E-state index is -2.40. The molecule has 0 fully saturated rings. The van der Waals surface area contributed by atoms with Gasteiger partial charge in [-0.15, -0.1) is 0 Å². The Kier molecular flexibility index (Phi) is 6.74. The Morgan fingerprint density at radius 3 is 2.89 bits per heavy atom. The number of alkyl halides is 2. The monoisotopic (exact) mass is 262 g/mol. The molecule has 1 aromatic heterocycles. The molecule has 0 aliphatic carbocycles. The van der Waals surface area contributed by atoms with Crippen molar-refractivity contribution in [3.63, 3.8) is 0 Å². The fourth-order valence-electron chi connectivity index (χ4n) is 1.44. The summed E-state index contributed by atoms with van der Waals surface area (Å²) in [6, 6.07) is 0. The number of aromatic nitrogens is 3. The molecule has 1 heterocycles. The molecule has 1 N–H and O–H groups in total. The van der Waals surface area contributed by atoms with Crippen LogP contribution in [0.15, 0.2) is 6.33 Å². The molecule has 0 atom stereocenters. The predicted molar refractivity (Wildman–Crippen MR) is 63.4 cm³/mol. The fraction of sp³-hybridized carbons (Fsp3) is 0.818. The first kappa shape index (κ1) is 15.0. The molecule has 0 saturated carbocycles. The highest BCUT2D eigenvalue weighted by Crippen LogP contribution is 2.00. The first-order valence-electron chi connectivity index (χ1n) is 6.03. The van der Waals surface area contributed by atoms with Gasteiger partial charge in [0.1, 0.15) is 18.8 Å². The number of halogens is 2. The molecule has 1 aromatic rings. The second kappa shape index (κ2) is 8.10. The molecule has 104 valence electrons. The first-order valence-corrected chi connectivity index (χ1v) is 6.03. The van der Waals surface area contributed by atoms with Crippen molar-refractivity contribution in [1.82, 2.24) is 20.1 Å². The number of nitrogens with one attached hydrogen (secondary N) is 1. The number of hydrogen-bond acceptors (Lipinski definition) is 4. The average Bonchev–Trinajstić information content (AvgIpc) is 2.69. The van der Waals surface area contributed by atoms with E-state index in [1.807, 2.05) is 4.68 Å². The van der Waals surface area contributed by atoms with Gasteiger partial charge in [0.2, 0.25) is 0 Å². The lowest BCUT2D eigenvalue weighted by molar-refractivity contribution is 0.0186. The molecule has 0 saturated heterocycles. The molecule has 7 heteroatoms. The van der Waals surface area contributed by atoms with E-state index in [9.17, 15) is 8.78 Å². The van der Waals surface area contributed by atoms with Gasteiger partial charge in [-0.05, 0) is 5.92 Å². The minimum absolute atomic E-state index is 0.267. The average molecular weight is 262 g/mol. The predicted octanol–water partition coefficient (Wildman–Crippen LogP) is 1.31. The highest BCUT2D eigenvalue weighted by atomic mass is 19.3. The minimum Gasteiger partial charge on any atom is -0.374 e. The van der Waals surface area contributed by atoms with Gasteiger partial charge >= 0.3 is 0 Å². The molecule has 0 radical (unpaired) electrons. The molecular formula is C11H20F2N4O. The SMILES string of the molecule is CC(C)Cn1ncnc1CNCCOCC(F)F. The van der Waals surface area contributed by atoms with Crippen LogP contribution >= 0.6 is 0 Å². The summed E-state index contributed by atoms with van der Waals surface area (Å²) in [4.78, 5) is 4.14. The maximum atomic E-state index is 11.8. The van der Waals surface area contributed by atoms with Crippen molar-refractivity contribution in [2.45, 2.75) is 33.4 Å². The third-order valence-corrected chi connectivity index (χ3v) is 2.18. The van der Waals surface area contributed by atoms with Crippen molar-refractivity contribution in [2.75, 3.05) is 19.8 Å². The quantitative estimate of drug-likeness (QED) is 0.682. The zero-order valence-electron chi connectivity index (χ0n) is 10.8. The van der Waals surface area contributed by atoms with Gasteiger partial charge in [-0.25, -0.2) is 18.4 Å². The van der Waals surface area contributed by atoms with Crippen LogP contribution in [0.5, 0.6) is 0 Å². The summed E-state index contributed by atoms with van der Waals surface area (Å²) in [5.41, 5.74) is 0. The van der Waals surface area contributed by atoms with Gasteiger partial charge in [-0.2, -0.15) is 5.10 Å². The third kappa shape index (κ3) is 6.02. The van der Waals surface area contributed by atoms with Gasteiger partial charge in [-0.1, -0.05) is 13.8 Å². The molecule has 5 nitrogen and oxygen atoms in total. The van der Waals surface area contributed by atoms with Crippen molar-refractivity contribution >= 4 is 0 Å². The standard InChI is InChI=1S/C11H20F2N4O/c1-9(2)6-17-11(15-8-16-17)5-14-3-4-18-7-10(12)13/h8-10,14H,3-7H2,1-2H3. The summed E-state index contributed by atoms with van der Waals surface area (Å²) in [5, 5.41) is 7.21. The molecule has 0 aliphatic heterocycles. The van der Waals surface area contributed by atoms with Gasteiger partial charge in [0.25, 0.3) is 6.43 Å². The van der Waals surface area contributed by atoms with E-state index in [4.69, 9.17) is 4.74 Å². The smallest absolute Gasteiger partial charge is 0.261 e. The van der Waals surface area contributed by atoms with Gasteiger partial charge < -0.3 is 10.1 Å². The lowest BCUT2D eigenvalue weighted by Gasteiger charge is -2.09. The van der Waals surface area contributed by atoms with Crippen molar-refractivity contribution in [2.24, 2.45) is 5.92 Å². The zero-order valence-corrected chi connectivity index (χ0v) is 10.8. The van der Waals surface area contributed by atoms with E-state index in [0.717, 1.165) is 12.4 Å². The van der Waals surface area contributed by atoms with Crippen molar-refractivity contribution in [3.05, 3.63) is 12.2 Å². The highest BCUT2D eigenvalue weighted by Gasteiger charge is 2.05. The second-order valence-electron chi connectivity index (χ2n) is 4.40. The Morgan fingerprint density at radius 2 is 2.22 bits per heavy atom. The van der Waals surface area contributed by atoms with Crippen molar-refractivity contribution in [1.29, 1.82) is 0 Å². The molecular weight excluding hydrogens is 242 g/mol. The van der Waals surface area contributed by atoms with Crippen LogP contribution < -0.4 is 5.32 Å². The van der Waals surface area contributed by atoms with E-state index in [2.05, 4.69) is 29.2 Å². The van der Waals surface area contributed by atoms with E-state index < -0.39 is 13.0 Å². The highest BCUT2D eigenvalue weighted by molar-refractivity contribution is 4.83. The van der Waals surface area contributed by atoms with E-state index in [-0.39, 0.29) is 6.61 Å². The molecule has 0 aromatic carbocycles. The van der Waals surface area contributed by atoms with E-state index >= 15 is 0 Å². The van der Waals surface area contributed by atoms with Crippen LogP contribution in [0.2, 0.25) is 0 Å². The normalized spacial score (nSPS) is 11.7. The van der Waals surface area contributed by atoms with Crippen LogP contribution in [0, 0.1) is 5.92 Å². The molecule has 1 rings (SSSR count). The van der Waals surface area contributed by atoms with Crippen molar-refractivity contribution in [3.8, 4) is 0 Å². The largest absolute Gasteiger partial charge is 0.374 e. The molecule has 0 bridgehead atoms. The summed E-state index contributed by atoms with van der Waals surface area (Å²) < 4.78 is 30.1. The van der Waals surface area contributed by atoms with Gasteiger partial charge in [0.05, 0.1) is 13.2 Å². The van der Waals surface area contributed by atoms with Gasteiger partial charge in [0, 0.05) is 13.1 Å². The van der Waals surface area contributed by atoms with Gasteiger partial charge in [-0.3, -0.25) is 0 Å². The molecule has 0 amide bonds. The summed E-state index contributed by atoms with van der Waals surface area (Å²) >= 11 is 0. The Labute approximate surface area is 106 Å². The topological polar surface area (TPSA) is 52.0 Å².